The van der Waals surface area contributed by atoms with Gasteiger partial charge >= 0.3 is 5.69 Å². The van der Waals surface area contributed by atoms with Crippen LogP contribution in [0.1, 0.15) is 5.56 Å². The number of nitrogens with zero attached hydrogens (tertiary/aromatic N) is 2. The minimum absolute atomic E-state index is 0.00999. The van der Waals surface area contributed by atoms with E-state index in [1.807, 2.05) is 12.1 Å². The first kappa shape index (κ1) is 11.6. The summed E-state index contributed by atoms with van der Waals surface area (Å²) in [5.41, 5.74) is -0.000641. The molecule has 2 aromatic rings. The number of aromatic nitrogens is 3. The van der Waals surface area contributed by atoms with Crippen molar-refractivity contribution in [3.8, 4) is 0 Å². The Morgan fingerprint density at radius 3 is 2.94 bits per heavy atom. The van der Waals surface area contributed by atoms with Gasteiger partial charge in [-0.15, -0.1) is 0 Å². The predicted octanol–water partition coefficient (Wildman–Crippen LogP) is 0.828. The highest BCUT2D eigenvalue weighted by Crippen LogP contribution is 2.00. The maximum Gasteiger partial charge on any atom is 0.328 e. The number of rotatable bonds is 3. The summed E-state index contributed by atoms with van der Waals surface area (Å²) in [7, 11) is 0. The molecule has 0 aromatic carbocycles. The summed E-state index contributed by atoms with van der Waals surface area (Å²) >= 11 is 5.65. The van der Waals surface area contributed by atoms with Crippen molar-refractivity contribution in [3.63, 3.8) is 0 Å². The van der Waals surface area contributed by atoms with Crippen molar-refractivity contribution in [3.05, 3.63) is 62.1 Å². The van der Waals surface area contributed by atoms with Crippen molar-refractivity contribution in [1.29, 1.82) is 0 Å². The molecule has 0 fully saturated rings. The maximum absolute atomic E-state index is 11.4. The predicted molar refractivity (Wildman–Crippen MR) is 64.3 cm³/mol. The third kappa shape index (κ3) is 2.82. The zero-order chi connectivity index (χ0) is 12.3. The van der Waals surface area contributed by atoms with E-state index in [4.69, 9.17) is 11.6 Å². The molecular formula is C11H10ClN3O2. The van der Waals surface area contributed by atoms with Crippen molar-refractivity contribution in [2.75, 3.05) is 0 Å². The fourth-order valence-corrected chi connectivity index (χ4v) is 1.61. The molecule has 0 bridgehead atoms. The first-order chi connectivity index (χ1) is 8.16. The van der Waals surface area contributed by atoms with E-state index in [-0.39, 0.29) is 5.02 Å². The molecule has 0 saturated carbocycles. The minimum atomic E-state index is -0.561. The van der Waals surface area contributed by atoms with Gasteiger partial charge in [0.25, 0.3) is 5.56 Å². The van der Waals surface area contributed by atoms with Gasteiger partial charge in [-0.1, -0.05) is 17.7 Å². The number of aryl methyl sites for hydroxylation is 2. The number of hydrogen-bond acceptors (Lipinski definition) is 3. The number of pyridine rings is 1. The molecule has 0 spiro atoms. The van der Waals surface area contributed by atoms with Crippen LogP contribution in [0.5, 0.6) is 0 Å². The van der Waals surface area contributed by atoms with Gasteiger partial charge < -0.3 is 0 Å². The van der Waals surface area contributed by atoms with Crippen LogP contribution >= 0.6 is 11.6 Å². The molecule has 2 rings (SSSR count). The summed E-state index contributed by atoms with van der Waals surface area (Å²) in [6.07, 6.45) is 5.42. The summed E-state index contributed by atoms with van der Waals surface area (Å²) in [4.78, 5) is 28.6. The molecule has 2 heterocycles. The highest BCUT2D eigenvalue weighted by molar-refractivity contribution is 6.30. The Hall–Kier alpha value is -1.88. The van der Waals surface area contributed by atoms with E-state index in [1.54, 1.807) is 12.4 Å². The number of nitrogens with one attached hydrogen (secondary N) is 1. The van der Waals surface area contributed by atoms with Crippen LogP contribution in [0.4, 0.5) is 0 Å². The number of H-pyrrole nitrogens is 1. The molecule has 0 saturated heterocycles. The van der Waals surface area contributed by atoms with E-state index in [2.05, 4.69) is 9.97 Å². The van der Waals surface area contributed by atoms with Crippen molar-refractivity contribution in [2.24, 2.45) is 0 Å². The Kier molecular flexibility index (Phi) is 3.39. The SMILES string of the molecule is O=c1[nH]c(=O)n(CCc2cccnc2)cc1Cl. The topological polar surface area (TPSA) is 67.8 Å². The van der Waals surface area contributed by atoms with Crippen LogP contribution in [0.15, 0.2) is 40.3 Å². The second kappa shape index (κ2) is 4.97. The number of hydrogen-bond donors (Lipinski definition) is 1. The zero-order valence-corrected chi connectivity index (χ0v) is 9.65. The Balaban J connectivity index is 2.18. The van der Waals surface area contributed by atoms with Gasteiger partial charge in [-0.25, -0.2) is 4.79 Å². The highest BCUT2D eigenvalue weighted by atomic mass is 35.5. The van der Waals surface area contributed by atoms with Crippen LogP contribution in [-0.4, -0.2) is 14.5 Å². The molecule has 0 aliphatic rings. The summed E-state index contributed by atoms with van der Waals surface area (Å²) in [6.45, 7) is 0.445. The van der Waals surface area contributed by atoms with Crippen molar-refractivity contribution >= 4 is 11.6 Å². The molecule has 17 heavy (non-hydrogen) atoms. The van der Waals surface area contributed by atoms with Crippen LogP contribution < -0.4 is 11.2 Å². The Morgan fingerprint density at radius 1 is 1.41 bits per heavy atom. The molecule has 0 radical (unpaired) electrons. The van der Waals surface area contributed by atoms with Crippen molar-refractivity contribution in [1.82, 2.24) is 14.5 Å². The summed E-state index contributed by atoms with van der Waals surface area (Å²) < 4.78 is 1.37. The van der Waals surface area contributed by atoms with Crippen LogP contribution in [-0.2, 0) is 13.0 Å². The molecule has 1 N–H and O–H groups in total. The molecule has 6 heteroatoms. The first-order valence-electron chi connectivity index (χ1n) is 5.05. The van der Waals surface area contributed by atoms with Gasteiger partial charge in [0.1, 0.15) is 5.02 Å². The summed E-state index contributed by atoms with van der Waals surface area (Å²) in [5, 5.41) is 0.00999. The second-order valence-electron chi connectivity index (χ2n) is 3.54. The fraction of sp³-hybridized carbons (Fsp3) is 0.182. The zero-order valence-electron chi connectivity index (χ0n) is 8.89. The largest absolute Gasteiger partial charge is 0.328 e. The van der Waals surface area contributed by atoms with Gasteiger partial charge in [0.05, 0.1) is 0 Å². The van der Waals surface area contributed by atoms with Gasteiger partial charge in [0.15, 0.2) is 0 Å². The Morgan fingerprint density at radius 2 is 2.24 bits per heavy atom. The molecule has 0 unspecified atom stereocenters. The molecule has 2 aromatic heterocycles. The normalized spacial score (nSPS) is 10.4. The van der Waals surface area contributed by atoms with Gasteiger partial charge in [-0.2, -0.15) is 0 Å². The van der Waals surface area contributed by atoms with E-state index in [9.17, 15) is 9.59 Å². The fourth-order valence-electron chi connectivity index (χ4n) is 1.44. The van der Waals surface area contributed by atoms with Crippen LogP contribution in [0.3, 0.4) is 0 Å². The average Bonchev–Trinajstić information content (AvgIpc) is 2.33. The third-order valence-corrected chi connectivity index (χ3v) is 2.60. The van der Waals surface area contributed by atoms with Gasteiger partial charge in [0, 0.05) is 25.1 Å². The van der Waals surface area contributed by atoms with Crippen LogP contribution in [0.2, 0.25) is 5.02 Å². The summed E-state index contributed by atoms with van der Waals surface area (Å²) in [6, 6.07) is 3.75. The average molecular weight is 252 g/mol. The highest BCUT2D eigenvalue weighted by Gasteiger charge is 2.02. The molecule has 0 atom stereocenters. The maximum atomic E-state index is 11.4. The van der Waals surface area contributed by atoms with E-state index < -0.39 is 11.2 Å². The van der Waals surface area contributed by atoms with Crippen LogP contribution in [0, 0.1) is 0 Å². The molecule has 5 nitrogen and oxygen atoms in total. The molecule has 0 aliphatic heterocycles. The lowest BCUT2D eigenvalue weighted by atomic mass is 10.2. The quantitative estimate of drug-likeness (QED) is 0.879. The molecule has 88 valence electrons. The first-order valence-corrected chi connectivity index (χ1v) is 5.43. The molecular weight excluding hydrogens is 242 g/mol. The number of aromatic amines is 1. The van der Waals surface area contributed by atoms with Gasteiger partial charge in [-0.05, 0) is 18.1 Å². The van der Waals surface area contributed by atoms with Crippen molar-refractivity contribution < 1.29 is 0 Å². The lowest BCUT2D eigenvalue weighted by Gasteiger charge is -2.04. The molecule has 0 aliphatic carbocycles. The minimum Gasteiger partial charge on any atom is -0.299 e. The van der Waals surface area contributed by atoms with Gasteiger partial charge in [0.2, 0.25) is 0 Å². The van der Waals surface area contributed by atoms with Crippen molar-refractivity contribution in [2.45, 2.75) is 13.0 Å². The summed E-state index contributed by atoms with van der Waals surface area (Å²) in [5.74, 6) is 0. The van der Waals surface area contributed by atoms with E-state index in [0.717, 1.165) is 5.56 Å². The smallest absolute Gasteiger partial charge is 0.299 e. The monoisotopic (exact) mass is 251 g/mol. The van der Waals surface area contributed by atoms with E-state index in [1.165, 1.54) is 10.8 Å². The lowest BCUT2D eigenvalue weighted by molar-refractivity contribution is 0.644. The Labute approximate surface area is 102 Å². The van der Waals surface area contributed by atoms with E-state index >= 15 is 0 Å². The molecule has 0 amide bonds. The standard InChI is InChI=1S/C11H10ClN3O2/c12-9-7-15(11(17)14-10(9)16)5-3-8-2-1-4-13-6-8/h1-2,4,6-7H,3,5H2,(H,14,16,17). The number of halogens is 1. The van der Waals surface area contributed by atoms with E-state index in [0.29, 0.717) is 13.0 Å². The Bertz CT molecular complexity index is 619. The second-order valence-corrected chi connectivity index (χ2v) is 3.95. The van der Waals surface area contributed by atoms with Crippen LogP contribution in [0.25, 0.3) is 0 Å². The third-order valence-electron chi connectivity index (χ3n) is 2.33. The van der Waals surface area contributed by atoms with Gasteiger partial charge in [-0.3, -0.25) is 19.3 Å². The lowest BCUT2D eigenvalue weighted by Crippen LogP contribution is -2.30.